The van der Waals surface area contributed by atoms with Gasteiger partial charge in [-0.25, -0.2) is 4.98 Å². The first-order valence-electron chi connectivity index (χ1n) is 6.27. The van der Waals surface area contributed by atoms with Crippen LogP contribution in [0.1, 0.15) is 25.6 Å². The maximum absolute atomic E-state index is 12.8. The molecule has 108 valence electrons. The van der Waals surface area contributed by atoms with E-state index >= 15 is 0 Å². The first kappa shape index (κ1) is 14.4. The molecule has 0 fully saturated rings. The van der Waals surface area contributed by atoms with Crippen molar-refractivity contribution < 1.29 is 13.2 Å². The van der Waals surface area contributed by atoms with Gasteiger partial charge in [-0.2, -0.15) is 13.2 Å². The van der Waals surface area contributed by atoms with E-state index in [9.17, 15) is 13.2 Å². The van der Waals surface area contributed by atoms with E-state index in [4.69, 9.17) is 0 Å². The van der Waals surface area contributed by atoms with Gasteiger partial charge in [-0.3, -0.25) is 0 Å². The monoisotopic (exact) mass is 283 g/mol. The Balaban J connectivity index is 2.50. The lowest BCUT2D eigenvalue weighted by molar-refractivity contribution is -0.140. The quantitative estimate of drug-likeness (QED) is 0.915. The highest BCUT2D eigenvalue weighted by Crippen LogP contribution is 2.32. The third-order valence-corrected chi connectivity index (χ3v) is 3.01. The number of hydrogen-bond acceptors (Lipinski definition) is 2. The van der Waals surface area contributed by atoms with Crippen LogP contribution in [0.25, 0.3) is 11.4 Å². The van der Waals surface area contributed by atoms with E-state index in [2.05, 4.69) is 10.3 Å². The fraction of sp³-hybridized carbons (Fsp3) is 0.357. The Morgan fingerprint density at radius 1 is 1.15 bits per heavy atom. The van der Waals surface area contributed by atoms with E-state index in [1.54, 1.807) is 19.2 Å². The topological polar surface area (TPSA) is 29.9 Å². The molecule has 0 aliphatic rings. The summed E-state index contributed by atoms with van der Waals surface area (Å²) >= 11 is 0. The third kappa shape index (κ3) is 2.79. The number of nitrogens with zero attached hydrogens (tertiary/aromatic N) is 2. The van der Waals surface area contributed by atoms with E-state index in [0.717, 1.165) is 11.9 Å². The molecule has 1 N–H and O–H groups in total. The highest BCUT2D eigenvalue weighted by atomic mass is 19.4. The van der Waals surface area contributed by atoms with Crippen molar-refractivity contribution in [3.63, 3.8) is 0 Å². The average molecular weight is 283 g/mol. The van der Waals surface area contributed by atoms with Gasteiger partial charge < -0.3 is 9.88 Å². The molecule has 1 heterocycles. The van der Waals surface area contributed by atoms with E-state index in [0.29, 0.717) is 11.4 Å². The molecule has 1 aromatic carbocycles. The molecule has 20 heavy (non-hydrogen) atoms. The molecule has 0 saturated heterocycles. The van der Waals surface area contributed by atoms with Crippen LogP contribution in [-0.2, 0) is 6.18 Å². The fourth-order valence-corrected chi connectivity index (χ4v) is 1.92. The standard InChI is InChI=1S/C14H16F3N3/c1-9(2)20-8-12(14(15,16)17)19-13(20)10-4-6-11(18-3)7-5-10/h4-9,18H,1-3H3. The summed E-state index contributed by atoms with van der Waals surface area (Å²) in [6, 6.07) is 7.03. The van der Waals surface area contributed by atoms with Gasteiger partial charge in [0.15, 0.2) is 5.69 Å². The van der Waals surface area contributed by atoms with Gasteiger partial charge in [0.05, 0.1) is 0 Å². The first-order chi connectivity index (χ1) is 9.32. The van der Waals surface area contributed by atoms with Crippen LogP contribution in [0.4, 0.5) is 18.9 Å². The Labute approximate surface area is 115 Å². The molecular formula is C14H16F3N3. The molecule has 0 aliphatic heterocycles. The summed E-state index contributed by atoms with van der Waals surface area (Å²) in [5.74, 6) is 0.329. The van der Waals surface area contributed by atoms with E-state index < -0.39 is 11.9 Å². The second kappa shape index (κ2) is 5.19. The molecule has 3 nitrogen and oxygen atoms in total. The molecule has 0 radical (unpaired) electrons. The van der Waals surface area contributed by atoms with Gasteiger partial charge >= 0.3 is 6.18 Å². The van der Waals surface area contributed by atoms with Gasteiger partial charge in [0.25, 0.3) is 0 Å². The minimum atomic E-state index is -4.43. The number of imidazole rings is 1. The maximum Gasteiger partial charge on any atom is 0.434 e. The summed E-state index contributed by atoms with van der Waals surface area (Å²) < 4.78 is 39.9. The number of rotatable bonds is 3. The summed E-state index contributed by atoms with van der Waals surface area (Å²) in [6.45, 7) is 3.65. The summed E-state index contributed by atoms with van der Waals surface area (Å²) in [5.41, 5.74) is 0.694. The van der Waals surface area contributed by atoms with E-state index in [1.165, 1.54) is 4.57 Å². The maximum atomic E-state index is 12.8. The number of halogens is 3. The van der Waals surface area contributed by atoms with Crippen LogP contribution in [-0.4, -0.2) is 16.6 Å². The Hall–Kier alpha value is -1.98. The van der Waals surface area contributed by atoms with Crippen molar-refractivity contribution in [2.45, 2.75) is 26.1 Å². The molecule has 0 saturated carbocycles. The highest BCUT2D eigenvalue weighted by Gasteiger charge is 2.35. The normalized spacial score (nSPS) is 11.9. The zero-order chi connectivity index (χ0) is 14.9. The molecule has 2 rings (SSSR count). The summed E-state index contributed by atoms with van der Waals surface area (Å²) in [5, 5.41) is 2.97. The zero-order valence-corrected chi connectivity index (χ0v) is 11.5. The molecule has 1 aromatic heterocycles. The average Bonchev–Trinajstić information content (AvgIpc) is 2.84. The number of alkyl halides is 3. The van der Waals surface area contributed by atoms with Crippen LogP contribution >= 0.6 is 0 Å². The third-order valence-electron chi connectivity index (χ3n) is 3.01. The van der Waals surface area contributed by atoms with Crippen molar-refractivity contribution in [1.82, 2.24) is 9.55 Å². The Bertz CT molecular complexity index is 583. The minimum absolute atomic E-state index is 0.0995. The van der Waals surface area contributed by atoms with Crippen LogP contribution in [0.15, 0.2) is 30.5 Å². The van der Waals surface area contributed by atoms with Crippen LogP contribution in [0.2, 0.25) is 0 Å². The Morgan fingerprint density at radius 3 is 2.20 bits per heavy atom. The van der Waals surface area contributed by atoms with Crippen LogP contribution in [0.3, 0.4) is 0 Å². The molecule has 0 atom stereocenters. The fourth-order valence-electron chi connectivity index (χ4n) is 1.92. The lowest BCUT2D eigenvalue weighted by Gasteiger charge is -2.11. The summed E-state index contributed by atoms with van der Waals surface area (Å²) in [6.07, 6.45) is -3.37. The van der Waals surface area contributed by atoms with E-state index in [1.807, 2.05) is 26.0 Å². The smallest absolute Gasteiger partial charge is 0.388 e. The van der Waals surface area contributed by atoms with Crippen molar-refractivity contribution in [2.24, 2.45) is 0 Å². The van der Waals surface area contributed by atoms with Gasteiger partial charge in [0, 0.05) is 30.5 Å². The lowest BCUT2D eigenvalue weighted by Crippen LogP contribution is -2.05. The van der Waals surface area contributed by atoms with Crippen molar-refractivity contribution in [2.75, 3.05) is 12.4 Å². The molecular weight excluding hydrogens is 267 g/mol. The second-order valence-corrected chi connectivity index (χ2v) is 4.78. The van der Waals surface area contributed by atoms with Crippen LogP contribution in [0.5, 0.6) is 0 Å². The number of hydrogen-bond donors (Lipinski definition) is 1. The predicted octanol–water partition coefficient (Wildman–Crippen LogP) is 4.19. The first-order valence-corrected chi connectivity index (χ1v) is 6.27. The Kier molecular flexibility index (Phi) is 3.74. The molecule has 0 amide bonds. The molecule has 0 unspecified atom stereocenters. The van der Waals surface area contributed by atoms with Gasteiger partial charge in [-0.15, -0.1) is 0 Å². The van der Waals surface area contributed by atoms with Gasteiger partial charge in [-0.1, -0.05) is 0 Å². The molecule has 0 bridgehead atoms. The number of aromatic nitrogens is 2. The number of benzene rings is 1. The SMILES string of the molecule is CNc1ccc(-c2nc(C(F)(F)F)cn2C(C)C)cc1. The van der Waals surface area contributed by atoms with Crippen molar-refractivity contribution in [3.8, 4) is 11.4 Å². The molecule has 2 aromatic rings. The van der Waals surface area contributed by atoms with E-state index in [-0.39, 0.29) is 6.04 Å². The Morgan fingerprint density at radius 2 is 1.75 bits per heavy atom. The van der Waals surface area contributed by atoms with Gasteiger partial charge in [0.2, 0.25) is 0 Å². The molecule has 0 aliphatic carbocycles. The largest absolute Gasteiger partial charge is 0.434 e. The van der Waals surface area contributed by atoms with Crippen molar-refractivity contribution in [1.29, 1.82) is 0 Å². The van der Waals surface area contributed by atoms with Crippen molar-refractivity contribution >= 4 is 5.69 Å². The number of anilines is 1. The van der Waals surface area contributed by atoms with Crippen LogP contribution in [0, 0.1) is 0 Å². The highest BCUT2D eigenvalue weighted by molar-refractivity contribution is 5.60. The van der Waals surface area contributed by atoms with Gasteiger partial charge in [-0.05, 0) is 38.1 Å². The molecule has 0 spiro atoms. The minimum Gasteiger partial charge on any atom is -0.388 e. The van der Waals surface area contributed by atoms with Gasteiger partial charge in [0.1, 0.15) is 5.82 Å². The predicted molar refractivity (Wildman–Crippen MR) is 72.6 cm³/mol. The summed E-state index contributed by atoms with van der Waals surface area (Å²) in [7, 11) is 1.78. The van der Waals surface area contributed by atoms with Crippen molar-refractivity contribution in [3.05, 3.63) is 36.2 Å². The molecule has 6 heteroatoms. The zero-order valence-electron chi connectivity index (χ0n) is 11.5. The lowest BCUT2D eigenvalue weighted by atomic mass is 10.2. The van der Waals surface area contributed by atoms with Crippen LogP contribution < -0.4 is 5.32 Å². The second-order valence-electron chi connectivity index (χ2n) is 4.78. The number of nitrogens with one attached hydrogen (secondary N) is 1. The summed E-state index contributed by atoms with van der Waals surface area (Å²) in [4.78, 5) is 3.75.